The van der Waals surface area contributed by atoms with Crippen molar-refractivity contribution in [2.24, 2.45) is 5.92 Å². The Morgan fingerprint density at radius 1 is 1.42 bits per heavy atom. The van der Waals surface area contributed by atoms with Gasteiger partial charge in [-0.15, -0.1) is 0 Å². The number of carbonyl (C=O) groups excluding carboxylic acids is 1. The van der Waals surface area contributed by atoms with E-state index in [0.29, 0.717) is 5.92 Å². The van der Waals surface area contributed by atoms with E-state index in [1.54, 1.807) is 0 Å². The lowest BCUT2D eigenvalue weighted by Crippen LogP contribution is -2.70. The first-order valence-electron chi connectivity index (χ1n) is 8.87. The first-order valence-corrected chi connectivity index (χ1v) is 8.87. The Kier molecular flexibility index (Phi) is 4.88. The minimum atomic E-state index is -0.482. The second kappa shape index (κ2) is 6.76. The van der Waals surface area contributed by atoms with Crippen LogP contribution in [0.2, 0.25) is 0 Å². The molecule has 1 amide bonds. The van der Waals surface area contributed by atoms with Crippen molar-refractivity contribution in [3.63, 3.8) is 0 Å². The number of nitrogens with one attached hydrogen (secondary N) is 2. The maximum absolute atomic E-state index is 12.1. The molecule has 134 valence electrons. The van der Waals surface area contributed by atoms with E-state index in [4.69, 9.17) is 9.47 Å². The molecule has 1 aromatic rings. The third-order valence-corrected chi connectivity index (χ3v) is 4.85. The van der Waals surface area contributed by atoms with Gasteiger partial charge in [0, 0.05) is 37.5 Å². The van der Waals surface area contributed by atoms with Crippen molar-refractivity contribution in [1.29, 1.82) is 0 Å². The lowest BCUT2D eigenvalue weighted by molar-refractivity contribution is -0.0345. The van der Waals surface area contributed by atoms with Gasteiger partial charge in [0.2, 0.25) is 0 Å². The number of aromatic nitrogens is 1. The summed E-state index contributed by atoms with van der Waals surface area (Å²) in [5.41, 5.74) is 0.763. The molecule has 2 aliphatic rings. The van der Waals surface area contributed by atoms with Crippen molar-refractivity contribution in [2.45, 2.75) is 71.0 Å². The Morgan fingerprint density at radius 3 is 2.92 bits per heavy atom. The molecule has 1 aromatic heterocycles. The lowest BCUT2D eigenvalue weighted by Gasteiger charge is -2.48. The minimum Gasteiger partial charge on any atom is -0.444 e. The summed E-state index contributed by atoms with van der Waals surface area (Å²) >= 11 is 0. The van der Waals surface area contributed by atoms with Crippen LogP contribution in [0.15, 0.2) is 18.3 Å². The van der Waals surface area contributed by atoms with Gasteiger partial charge >= 0.3 is 6.09 Å². The van der Waals surface area contributed by atoms with Gasteiger partial charge in [0.1, 0.15) is 5.60 Å². The van der Waals surface area contributed by atoms with Gasteiger partial charge in [-0.25, -0.2) is 4.79 Å². The number of carbonyl (C=O) groups is 1. The fraction of sp³-hybridized carbons (Fsp3) is 0.722. The van der Waals surface area contributed by atoms with Gasteiger partial charge < -0.3 is 24.7 Å². The van der Waals surface area contributed by atoms with Crippen LogP contribution in [0.3, 0.4) is 0 Å². The third-order valence-electron chi connectivity index (χ3n) is 4.85. The normalized spacial score (nSPS) is 29.0. The van der Waals surface area contributed by atoms with Crippen molar-refractivity contribution >= 4 is 6.09 Å². The predicted octanol–water partition coefficient (Wildman–Crippen LogP) is 2.28. The Labute approximate surface area is 143 Å². The van der Waals surface area contributed by atoms with Crippen LogP contribution in [-0.2, 0) is 22.6 Å². The number of alkyl carbamates (subject to hydrolysis) is 1. The maximum Gasteiger partial charge on any atom is 0.407 e. The summed E-state index contributed by atoms with van der Waals surface area (Å²) in [6, 6.07) is 4.38. The highest BCUT2D eigenvalue weighted by Crippen LogP contribution is 2.39. The van der Waals surface area contributed by atoms with Crippen molar-refractivity contribution in [3.05, 3.63) is 24.0 Å². The molecule has 2 N–H and O–H groups in total. The van der Waals surface area contributed by atoms with Crippen molar-refractivity contribution in [3.8, 4) is 0 Å². The van der Waals surface area contributed by atoms with E-state index in [1.807, 2.05) is 20.8 Å². The van der Waals surface area contributed by atoms with E-state index in [9.17, 15) is 4.79 Å². The second-order valence-corrected chi connectivity index (χ2v) is 7.65. The van der Waals surface area contributed by atoms with Crippen LogP contribution in [-0.4, -0.2) is 41.1 Å². The number of aryl methyl sites for hydroxylation is 1. The minimum absolute atomic E-state index is 0.0670. The number of hydrogen-bond donors (Lipinski definition) is 2. The molecule has 1 saturated carbocycles. The fourth-order valence-electron chi connectivity index (χ4n) is 3.73. The average molecular weight is 335 g/mol. The summed E-state index contributed by atoms with van der Waals surface area (Å²) in [7, 11) is 0. The Hall–Kier alpha value is -1.53. The predicted molar refractivity (Wildman–Crippen MR) is 91.7 cm³/mol. The van der Waals surface area contributed by atoms with Crippen LogP contribution in [0, 0.1) is 5.92 Å². The molecule has 0 radical (unpaired) electrons. The van der Waals surface area contributed by atoms with Crippen LogP contribution in [0.25, 0.3) is 0 Å². The molecule has 3 rings (SSSR count). The molecule has 1 saturated heterocycles. The third kappa shape index (κ3) is 3.59. The second-order valence-electron chi connectivity index (χ2n) is 7.65. The molecular weight excluding hydrogens is 306 g/mol. The highest BCUT2D eigenvalue weighted by molar-refractivity contribution is 5.68. The van der Waals surface area contributed by atoms with Gasteiger partial charge in [-0.3, -0.25) is 0 Å². The number of hydrogen-bond acceptors (Lipinski definition) is 4. The number of nitrogens with zero attached hydrogens (tertiary/aromatic N) is 1. The summed E-state index contributed by atoms with van der Waals surface area (Å²) in [4.78, 5) is 12.1. The number of rotatable bonds is 5. The molecule has 24 heavy (non-hydrogen) atoms. The van der Waals surface area contributed by atoms with Gasteiger partial charge in [0.15, 0.2) is 0 Å². The van der Waals surface area contributed by atoms with Crippen molar-refractivity contribution < 1.29 is 14.3 Å². The van der Waals surface area contributed by atoms with E-state index >= 15 is 0 Å². The monoisotopic (exact) mass is 335 g/mol. The quantitative estimate of drug-likeness (QED) is 0.866. The molecule has 1 aliphatic heterocycles. The van der Waals surface area contributed by atoms with E-state index in [-0.39, 0.29) is 24.3 Å². The molecule has 1 aliphatic carbocycles. The van der Waals surface area contributed by atoms with E-state index in [1.165, 1.54) is 5.69 Å². The Balaban J connectivity index is 1.59. The number of ether oxygens (including phenoxy) is 2. The number of amides is 1. The van der Waals surface area contributed by atoms with Gasteiger partial charge in [0.05, 0.1) is 18.2 Å². The summed E-state index contributed by atoms with van der Waals surface area (Å²) in [6.45, 7) is 10.3. The van der Waals surface area contributed by atoms with E-state index < -0.39 is 5.60 Å². The van der Waals surface area contributed by atoms with Crippen LogP contribution in [0.1, 0.15) is 39.8 Å². The van der Waals surface area contributed by atoms with Gasteiger partial charge in [-0.2, -0.15) is 0 Å². The van der Waals surface area contributed by atoms with Gasteiger partial charge in [0.25, 0.3) is 0 Å². The Morgan fingerprint density at radius 2 is 2.21 bits per heavy atom. The summed E-state index contributed by atoms with van der Waals surface area (Å²) in [5.74, 6) is 0.382. The molecule has 4 atom stereocenters. The zero-order valence-corrected chi connectivity index (χ0v) is 15.0. The summed E-state index contributed by atoms with van der Waals surface area (Å²) in [5, 5.41) is 6.61. The first kappa shape index (κ1) is 17.3. The zero-order chi connectivity index (χ0) is 17.3. The topological polar surface area (TPSA) is 64.5 Å². The molecule has 6 heteroatoms. The van der Waals surface area contributed by atoms with Gasteiger partial charge in [-0.05, 0) is 46.2 Å². The maximum atomic E-state index is 12.1. The molecular formula is C18H29N3O3. The van der Waals surface area contributed by atoms with Crippen LogP contribution in [0.5, 0.6) is 0 Å². The lowest BCUT2D eigenvalue weighted by atomic mass is 9.71. The van der Waals surface area contributed by atoms with Gasteiger partial charge in [-0.1, -0.05) is 0 Å². The van der Waals surface area contributed by atoms with Crippen LogP contribution >= 0.6 is 0 Å². The molecule has 0 spiro atoms. The van der Waals surface area contributed by atoms with Crippen LogP contribution < -0.4 is 10.6 Å². The fourth-order valence-corrected chi connectivity index (χ4v) is 3.73. The highest BCUT2D eigenvalue weighted by Gasteiger charge is 2.54. The van der Waals surface area contributed by atoms with Crippen molar-refractivity contribution in [1.82, 2.24) is 15.2 Å². The molecule has 6 nitrogen and oxygen atoms in total. The molecule has 4 unspecified atom stereocenters. The standard InChI is InChI=1S/C18H29N3O3/c1-5-21-9-6-7-12(21)11-19-15-14(13-8-10-23-16(13)15)20-17(22)24-18(2,3)4/h6-7,9,13-16,19H,5,8,10-11H2,1-4H3,(H,20,22). The molecule has 2 fully saturated rings. The first-order chi connectivity index (χ1) is 11.4. The zero-order valence-electron chi connectivity index (χ0n) is 15.0. The summed E-state index contributed by atoms with van der Waals surface area (Å²) in [6.07, 6.45) is 2.93. The largest absolute Gasteiger partial charge is 0.444 e. The summed E-state index contributed by atoms with van der Waals surface area (Å²) < 4.78 is 13.5. The molecule has 2 heterocycles. The van der Waals surface area contributed by atoms with E-state index in [2.05, 4.69) is 40.5 Å². The SMILES string of the molecule is CCn1cccc1CNC1C(NC(=O)OC(C)(C)C)C2CCOC21. The molecule has 0 bridgehead atoms. The highest BCUT2D eigenvalue weighted by atomic mass is 16.6. The van der Waals surface area contributed by atoms with Crippen LogP contribution in [0.4, 0.5) is 4.79 Å². The molecule has 0 aromatic carbocycles. The average Bonchev–Trinajstić information content (AvgIpc) is 3.10. The van der Waals surface area contributed by atoms with Crippen molar-refractivity contribution in [2.75, 3.05) is 6.61 Å². The Bertz CT molecular complexity index is 578. The smallest absolute Gasteiger partial charge is 0.407 e. The van der Waals surface area contributed by atoms with E-state index in [0.717, 1.165) is 26.1 Å². The number of fused-ring (bicyclic) bond motifs is 1.